The molecule has 0 aromatic rings. The molecule has 0 atom stereocenters. The van der Waals surface area contributed by atoms with E-state index in [9.17, 15) is 14.4 Å². The Kier molecular flexibility index (Phi) is 24.4. The Morgan fingerprint density at radius 1 is 0.711 bits per heavy atom. The van der Waals surface area contributed by atoms with Gasteiger partial charge in [0.15, 0.2) is 0 Å². The Balaban J connectivity index is 4.66. The third kappa shape index (κ3) is 19.8. The van der Waals surface area contributed by atoms with Crippen molar-refractivity contribution in [3.05, 3.63) is 12.7 Å². The smallest absolute Gasteiger partial charge is 0.286 e. The van der Waals surface area contributed by atoms with Gasteiger partial charge in [0.2, 0.25) is 18.7 Å². The van der Waals surface area contributed by atoms with E-state index in [-0.39, 0.29) is 5.91 Å². The van der Waals surface area contributed by atoms with Crippen LogP contribution in [0.3, 0.4) is 0 Å². The highest BCUT2D eigenvalue weighted by Gasteiger charge is 2.20. The van der Waals surface area contributed by atoms with Crippen LogP contribution < -0.4 is 5.32 Å². The molecule has 0 saturated carbocycles. The summed E-state index contributed by atoms with van der Waals surface area (Å²) >= 11 is 0. The third-order valence-corrected chi connectivity index (χ3v) is 5.94. The monoisotopic (exact) mass is 534 g/mol. The molecule has 1 N–H and O–H groups in total. The molecule has 11 heteroatoms. The van der Waals surface area contributed by atoms with Gasteiger partial charge in [0, 0.05) is 32.6 Å². The first-order valence-corrected chi connectivity index (χ1v) is 13.7. The SMILES string of the molecule is C=CCNC(=O)CCCCCCCN(N(C=O)CCCCCCOC#N)N(C=O)CCCCCCOC#N. The number of hydrogen-bond donors (Lipinski definition) is 1. The van der Waals surface area contributed by atoms with E-state index in [0.29, 0.717) is 45.8 Å². The zero-order valence-electron chi connectivity index (χ0n) is 22.9. The van der Waals surface area contributed by atoms with Crippen molar-refractivity contribution in [3.8, 4) is 12.5 Å². The molecular formula is C27H46N6O5. The van der Waals surface area contributed by atoms with Crippen LogP contribution in [0.15, 0.2) is 12.7 Å². The number of hydrogen-bond acceptors (Lipinski definition) is 8. The molecule has 0 bridgehead atoms. The van der Waals surface area contributed by atoms with Gasteiger partial charge in [0.05, 0.1) is 0 Å². The second kappa shape index (κ2) is 26.7. The number of hydrazine groups is 2. The molecule has 3 amide bonds. The van der Waals surface area contributed by atoms with Crippen molar-refractivity contribution in [3.63, 3.8) is 0 Å². The standard InChI is InChI=1S/C27H46N6O5/c1-2-17-30-27(36)16-10-4-3-5-13-20-33(31(25-34)18-11-6-8-14-21-37-23-28)32(26-35)19-12-7-9-15-22-38-24-29/h2,25-26H,1,3-22H2,(H,30,36). The molecule has 214 valence electrons. The highest BCUT2D eigenvalue weighted by atomic mass is 16.5. The molecule has 0 aromatic carbocycles. The largest absolute Gasteiger partial charge is 0.428 e. The number of ether oxygens (including phenoxy) is 2. The highest BCUT2D eigenvalue weighted by Crippen LogP contribution is 2.12. The summed E-state index contributed by atoms with van der Waals surface area (Å²) in [6, 6.07) is 0. The lowest BCUT2D eigenvalue weighted by Gasteiger charge is -2.38. The van der Waals surface area contributed by atoms with Crippen LogP contribution in [-0.2, 0) is 23.9 Å². The van der Waals surface area contributed by atoms with Crippen LogP contribution in [0.25, 0.3) is 0 Å². The van der Waals surface area contributed by atoms with E-state index in [1.807, 2.05) is 0 Å². The van der Waals surface area contributed by atoms with Crippen molar-refractivity contribution >= 4 is 18.7 Å². The summed E-state index contributed by atoms with van der Waals surface area (Å²) in [5.41, 5.74) is 0. The number of rotatable bonds is 28. The Morgan fingerprint density at radius 3 is 1.63 bits per heavy atom. The van der Waals surface area contributed by atoms with E-state index in [1.165, 1.54) is 0 Å². The third-order valence-electron chi connectivity index (χ3n) is 5.94. The maximum Gasteiger partial charge on any atom is 0.286 e. The molecule has 0 radical (unpaired) electrons. The number of carbonyl (C=O) groups excluding carboxylic acids is 3. The fraction of sp³-hybridized carbons (Fsp3) is 0.741. The van der Waals surface area contributed by atoms with Crippen LogP contribution in [0, 0.1) is 23.0 Å². The normalized spacial score (nSPS) is 10.2. The minimum atomic E-state index is 0.0366. The van der Waals surface area contributed by atoms with Crippen LogP contribution in [0.1, 0.15) is 89.9 Å². The lowest BCUT2D eigenvalue weighted by Crippen LogP contribution is -2.53. The van der Waals surface area contributed by atoms with Gasteiger partial charge in [0.1, 0.15) is 13.2 Å². The summed E-state index contributed by atoms with van der Waals surface area (Å²) in [6.45, 7) is 6.42. The summed E-state index contributed by atoms with van der Waals surface area (Å²) in [6.07, 6.45) is 18.2. The van der Waals surface area contributed by atoms with Crippen LogP contribution in [-0.4, -0.2) is 73.3 Å². The molecule has 0 heterocycles. The van der Waals surface area contributed by atoms with Gasteiger partial charge in [0.25, 0.3) is 12.5 Å². The predicted octanol–water partition coefficient (Wildman–Crippen LogP) is 3.79. The van der Waals surface area contributed by atoms with Crippen molar-refractivity contribution in [2.45, 2.75) is 89.9 Å². The topological polar surface area (TPSA) is 139 Å². The van der Waals surface area contributed by atoms with Gasteiger partial charge in [-0.2, -0.15) is 10.5 Å². The van der Waals surface area contributed by atoms with Crippen molar-refractivity contribution in [2.75, 3.05) is 39.4 Å². The molecule has 0 rings (SSSR count). The molecule has 0 aliphatic carbocycles. The average Bonchev–Trinajstić information content (AvgIpc) is 2.93. The van der Waals surface area contributed by atoms with Gasteiger partial charge >= 0.3 is 0 Å². The lowest BCUT2D eigenvalue weighted by molar-refractivity contribution is -0.186. The van der Waals surface area contributed by atoms with Gasteiger partial charge in [-0.05, 0) is 51.4 Å². The molecule has 0 aliphatic heterocycles. The van der Waals surface area contributed by atoms with Crippen molar-refractivity contribution in [1.82, 2.24) is 20.5 Å². The van der Waals surface area contributed by atoms with E-state index < -0.39 is 0 Å². The summed E-state index contributed by atoms with van der Waals surface area (Å²) in [4.78, 5) is 35.6. The van der Waals surface area contributed by atoms with Crippen molar-refractivity contribution in [1.29, 1.82) is 10.5 Å². The molecule has 0 saturated heterocycles. The summed E-state index contributed by atoms with van der Waals surface area (Å²) in [7, 11) is 0. The molecule has 0 spiro atoms. The maximum atomic E-state index is 12.0. The zero-order valence-corrected chi connectivity index (χ0v) is 22.9. The number of nitrogens with one attached hydrogen (secondary N) is 1. The Morgan fingerprint density at radius 2 is 1.16 bits per heavy atom. The first-order valence-electron chi connectivity index (χ1n) is 13.7. The van der Waals surface area contributed by atoms with E-state index in [0.717, 1.165) is 96.3 Å². The zero-order chi connectivity index (χ0) is 28.1. The van der Waals surface area contributed by atoms with Crippen molar-refractivity contribution < 1.29 is 23.9 Å². The molecule has 38 heavy (non-hydrogen) atoms. The van der Waals surface area contributed by atoms with Gasteiger partial charge < -0.3 is 14.8 Å². The number of nitrogens with zero attached hydrogens (tertiary/aromatic N) is 5. The minimum Gasteiger partial charge on any atom is -0.428 e. The van der Waals surface area contributed by atoms with E-state index >= 15 is 0 Å². The van der Waals surface area contributed by atoms with Crippen molar-refractivity contribution in [2.24, 2.45) is 0 Å². The van der Waals surface area contributed by atoms with E-state index in [4.69, 9.17) is 10.5 Å². The second-order valence-corrected chi connectivity index (χ2v) is 8.95. The predicted molar refractivity (Wildman–Crippen MR) is 143 cm³/mol. The first kappa shape index (κ1) is 34.7. The molecule has 0 aliphatic rings. The lowest BCUT2D eigenvalue weighted by atomic mass is 10.1. The maximum absolute atomic E-state index is 12.0. The van der Waals surface area contributed by atoms with Gasteiger partial charge in [-0.25, -0.2) is 0 Å². The summed E-state index contributed by atoms with van der Waals surface area (Å²) in [5.74, 6) is 0.0366. The number of amides is 3. The second-order valence-electron chi connectivity index (χ2n) is 8.95. The summed E-state index contributed by atoms with van der Waals surface area (Å²) < 4.78 is 9.38. The van der Waals surface area contributed by atoms with Gasteiger partial charge in [-0.15, -0.1) is 11.7 Å². The molecule has 0 aromatic heterocycles. The van der Waals surface area contributed by atoms with Crippen LogP contribution in [0.4, 0.5) is 0 Å². The Hall–Kier alpha value is -3.31. The number of nitriles is 2. The molecule has 0 fully saturated rings. The molecular weight excluding hydrogens is 488 g/mol. The fourth-order valence-electron chi connectivity index (χ4n) is 3.89. The summed E-state index contributed by atoms with van der Waals surface area (Å²) in [5, 5.41) is 24.5. The molecule has 0 unspecified atom stereocenters. The van der Waals surface area contributed by atoms with Crippen LogP contribution >= 0.6 is 0 Å². The van der Waals surface area contributed by atoms with Crippen LogP contribution in [0.2, 0.25) is 0 Å². The highest BCUT2D eigenvalue weighted by molar-refractivity contribution is 5.75. The van der Waals surface area contributed by atoms with Gasteiger partial charge in [-0.1, -0.05) is 38.2 Å². The first-order chi connectivity index (χ1) is 18.6. The molecule has 11 nitrogen and oxygen atoms in total. The van der Waals surface area contributed by atoms with E-state index in [1.54, 1.807) is 33.7 Å². The van der Waals surface area contributed by atoms with Gasteiger partial charge in [-0.3, -0.25) is 24.4 Å². The average molecular weight is 535 g/mol. The quantitative estimate of drug-likeness (QED) is 0.0526. The Labute approximate surface area is 228 Å². The minimum absolute atomic E-state index is 0.0366. The number of unbranched alkanes of at least 4 members (excludes halogenated alkanes) is 10. The number of carbonyl (C=O) groups is 3. The van der Waals surface area contributed by atoms with Crippen LogP contribution in [0.5, 0.6) is 0 Å². The van der Waals surface area contributed by atoms with E-state index in [2.05, 4.69) is 21.4 Å². The fourth-order valence-corrected chi connectivity index (χ4v) is 3.89. The Bertz CT molecular complexity index is 669.